The minimum atomic E-state index is -0.186. The number of aliphatic imine (C=N–C) groups is 1. The van der Waals surface area contributed by atoms with Crippen LogP contribution in [0.1, 0.15) is 25.0 Å². The van der Waals surface area contributed by atoms with Crippen molar-refractivity contribution >= 4 is 34.6 Å². The Morgan fingerprint density at radius 1 is 1.23 bits per heavy atom. The average molecular weight is 368 g/mol. The Balaban J connectivity index is 1.85. The van der Waals surface area contributed by atoms with E-state index in [4.69, 9.17) is 4.74 Å². The molecule has 134 valence electrons. The van der Waals surface area contributed by atoms with Crippen molar-refractivity contribution in [1.29, 1.82) is 0 Å². The van der Waals surface area contributed by atoms with Gasteiger partial charge in [-0.25, -0.2) is 4.99 Å². The highest BCUT2D eigenvalue weighted by Crippen LogP contribution is 2.32. The Morgan fingerprint density at radius 3 is 2.81 bits per heavy atom. The molecule has 1 amide bonds. The molecule has 0 aliphatic carbocycles. The Hall–Kier alpha value is -2.73. The SMILES string of the molecule is CCOc1cc(/C=C2\SC(=Nc3ccccc3CC)NC2=O)ccc1O. The van der Waals surface area contributed by atoms with Gasteiger partial charge in [0.1, 0.15) is 0 Å². The Labute approximate surface area is 156 Å². The van der Waals surface area contributed by atoms with E-state index in [1.54, 1.807) is 24.3 Å². The standard InChI is InChI=1S/C20H20N2O3S/c1-3-14-7-5-6-8-15(14)21-20-22-19(24)18(26-20)12-13-9-10-16(23)17(11-13)25-4-2/h5-12,23H,3-4H2,1-2H3,(H,21,22,24)/b18-12-. The molecular formula is C20H20N2O3S. The third-order valence-electron chi connectivity index (χ3n) is 3.83. The molecule has 2 aromatic carbocycles. The zero-order chi connectivity index (χ0) is 18.5. The average Bonchev–Trinajstić information content (AvgIpc) is 2.97. The van der Waals surface area contributed by atoms with E-state index in [1.807, 2.05) is 31.2 Å². The third kappa shape index (κ3) is 4.08. The molecule has 1 aliphatic heterocycles. The number of amides is 1. The van der Waals surface area contributed by atoms with E-state index in [9.17, 15) is 9.90 Å². The van der Waals surface area contributed by atoms with Crippen molar-refractivity contribution in [2.24, 2.45) is 4.99 Å². The number of benzene rings is 2. The second-order valence-electron chi connectivity index (χ2n) is 5.62. The fourth-order valence-corrected chi connectivity index (χ4v) is 3.39. The van der Waals surface area contributed by atoms with Crippen LogP contribution in [0.25, 0.3) is 6.08 Å². The lowest BCUT2D eigenvalue weighted by molar-refractivity contribution is -0.115. The molecule has 1 saturated heterocycles. The number of hydrogen-bond donors (Lipinski definition) is 2. The van der Waals surface area contributed by atoms with Crippen molar-refractivity contribution in [2.45, 2.75) is 20.3 Å². The molecule has 5 nitrogen and oxygen atoms in total. The minimum absolute atomic E-state index is 0.0796. The number of carbonyl (C=O) groups is 1. The first kappa shape index (κ1) is 18.1. The Morgan fingerprint density at radius 2 is 2.04 bits per heavy atom. The predicted octanol–water partition coefficient (Wildman–Crippen LogP) is 4.24. The van der Waals surface area contributed by atoms with Gasteiger partial charge in [0, 0.05) is 0 Å². The lowest BCUT2D eigenvalue weighted by Crippen LogP contribution is -2.19. The number of rotatable bonds is 5. The molecule has 0 atom stereocenters. The van der Waals surface area contributed by atoms with Crippen LogP contribution in [-0.2, 0) is 11.2 Å². The quantitative estimate of drug-likeness (QED) is 0.774. The van der Waals surface area contributed by atoms with Gasteiger partial charge in [-0.05, 0) is 60.5 Å². The van der Waals surface area contributed by atoms with Gasteiger partial charge in [0.15, 0.2) is 16.7 Å². The number of amidine groups is 1. The molecule has 1 aliphatic rings. The molecular weight excluding hydrogens is 348 g/mol. The monoisotopic (exact) mass is 368 g/mol. The number of nitrogens with zero attached hydrogens (tertiary/aromatic N) is 1. The maximum absolute atomic E-state index is 12.2. The van der Waals surface area contributed by atoms with Gasteiger partial charge in [-0.15, -0.1) is 0 Å². The molecule has 6 heteroatoms. The summed E-state index contributed by atoms with van der Waals surface area (Å²) in [6.45, 7) is 4.38. The van der Waals surface area contributed by atoms with Crippen LogP contribution in [0.5, 0.6) is 11.5 Å². The first-order valence-electron chi connectivity index (χ1n) is 8.44. The minimum Gasteiger partial charge on any atom is -0.504 e. The van der Waals surface area contributed by atoms with E-state index in [-0.39, 0.29) is 11.7 Å². The van der Waals surface area contributed by atoms with Crippen molar-refractivity contribution in [3.05, 3.63) is 58.5 Å². The van der Waals surface area contributed by atoms with Crippen molar-refractivity contribution < 1.29 is 14.6 Å². The van der Waals surface area contributed by atoms with Gasteiger partial charge in [-0.2, -0.15) is 0 Å². The second kappa shape index (κ2) is 8.10. The topological polar surface area (TPSA) is 70.9 Å². The van der Waals surface area contributed by atoms with Crippen LogP contribution in [-0.4, -0.2) is 22.8 Å². The molecule has 1 heterocycles. The smallest absolute Gasteiger partial charge is 0.264 e. The van der Waals surface area contributed by atoms with Crippen molar-refractivity contribution in [3.63, 3.8) is 0 Å². The lowest BCUT2D eigenvalue weighted by atomic mass is 10.1. The van der Waals surface area contributed by atoms with E-state index < -0.39 is 0 Å². The van der Waals surface area contributed by atoms with Gasteiger partial charge in [0.05, 0.1) is 17.2 Å². The number of phenolic OH excluding ortho intramolecular Hbond substituents is 1. The summed E-state index contributed by atoms with van der Waals surface area (Å²) in [4.78, 5) is 17.4. The van der Waals surface area contributed by atoms with Crippen molar-refractivity contribution in [1.82, 2.24) is 5.32 Å². The number of thioether (sulfide) groups is 1. The normalized spacial score (nSPS) is 16.9. The van der Waals surface area contributed by atoms with Crippen LogP contribution in [0.4, 0.5) is 5.69 Å². The summed E-state index contributed by atoms with van der Waals surface area (Å²) in [7, 11) is 0. The van der Waals surface area contributed by atoms with Gasteiger partial charge < -0.3 is 15.2 Å². The Kier molecular flexibility index (Phi) is 5.63. The summed E-state index contributed by atoms with van der Waals surface area (Å²) in [5, 5.41) is 13.1. The zero-order valence-electron chi connectivity index (χ0n) is 14.7. The molecule has 2 aromatic rings. The predicted molar refractivity (Wildman–Crippen MR) is 106 cm³/mol. The molecule has 0 aromatic heterocycles. The third-order valence-corrected chi connectivity index (χ3v) is 4.74. The van der Waals surface area contributed by atoms with Crippen LogP contribution in [0.15, 0.2) is 52.4 Å². The highest BCUT2D eigenvalue weighted by Gasteiger charge is 2.24. The molecule has 0 unspecified atom stereocenters. The number of para-hydroxylation sites is 1. The first-order valence-corrected chi connectivity index (χ1v) is 9.25. The molecule has 3 rings (SSSR count). The summed E-state index contributed by atoms with van der Waals surface area (Å²) < 4.78 is 5.38. The largest absolute Gasteiger partial charge is 0.504 e. The van der Waals surface area contributed by atoms with Gasteiger partial charge in [0.2, 0.25) is 0 Å². The van der Waals surface area contributed by atoms with Gasteiger partial charge in [-0.1, -0.05) is 31.2 Å². The maximum Gasteiger partial charge on any atom is 0.264 e. The van der Waals surface area contributed by atoms with Crippen LogP contribution in [0, 0.1) is 0 Å². The van der Waals surface area contributed by atoms with Crippen LogP contribution < -0.4 is 10.1 Å². The van der Waals surface area contributed by atoms with E-state index in [1.165, 1.54) is 11.8 Å². The molecule has 0 bridgehead atoms. The molecule has 0 radical (unpaired) electrons. The first-order chi connectivity index (χ1) is 12.6. The lowest BCUT2D eigenvalue weighted by Gasteiger charge is -2.06. The van der Waals surface area contributed by atoms with E-state index >= 15 is 0 Å². The van der Waals surface area contributed by atoms with Gasteiger partial charge in [0.25, 0.3) is 5.91 Å². The second-order valence-corrected chi connectivity index (χ2v) is 6.65. The summed E-state index contributed by atoms with van der Waals surface area (Å²) in [6.07, 6.45) is 2.64. The van der Waals surface area contributed by atoms with E-state index in [2.05, 4.69) is 17.2 Å². The Bertz CT molecular complexity index is 890. The number of aromatic hydroxyl groups is 1. The summed E-state index contributed by atoms with van der Waals surface area (Å²) in [5.41, 5.74) is 2.77. The number of aryl methyl sites for hydroxylation is 1. The van der Waals surface area contributed by atoms with Crippen LogP contribution in [0.2, 0.25) is 0 Å². The summed E-state index contributed by atoms with van der Waals surface area (Å²) in [6, 6.07) is 12.9. The molecule has 0 saturated carbocycles. The molecule has 26 heavy (non-hydrogen) atoms. The highest BCUT2D eigenvalue weighted by atomic mass is 32.2. The number of nitrogens with one attached hydrogen (secondary N) is 1. The van der Waals surface area contributed by atoms with Gasteiger partial charge >= 0.3 is 0 Å². The molecule has 0 spiro atoms. The van der Waals surface area contributed by atoms with Gasteiger partial charge in [-0.3, -0.25) is 4.79 Å². The van der Waals surface area contributed by atoms with Crippen molar-refractivity contribution in [3.8, 4) is 11.5 Å². The zero-order valence-corrected chi connectivity index (χ0v) is 15.5. The number of hydrogen-bond acceptors (Lipinski definition) is 5. The molecule has 2 N–H and O–H groups in total. The fraction of sp³-hybridized carbons (Fsp3) is 0.200. The maximum atomic E-state index is 12.2. The summed E-state index contributed by atoms with van der Waals surface area (Å²) in [5.74, 6) is 0.292. The number of carbonyl (C=O) groups excluding carboxylic acids is 1. The summed E-state index contributed by atoms with van der Waals surface area (Å²) >= 11 is 1.30. The number of phenols is 1. The van der Waals surface area contributed by atoms with Crippen LogP contribution in [0.3, 0.4) is 0 Å². The molecule has 1 fully saturated rings. The fourth-order valence-electron chi connectivity index (χ4n) is 2.55. The van der Waals surface area contributed by atoms with E-state index in [0.717, 1.165) is 23.2 Å². The number of ether oxygens (including phenoxy) is 1. The van der Waals surface area contributed by atoms with Crippen LogP contribution >= 0.6 is 11.8 Å². The highest BCUT2D eigenvalue weighted by molar-refractivity contribution is 8.18. The van der Waals surface area contributed by atoms with Crippen molar-refractivity contribution in [2.75, 3.05) is 6.61 Å². The van der Waals surface area contributed by atoms with E-state index in [0.29, 0.717) is 22.4 Å².